The van der Waals surface area contributed by atoms with Crippen molar-refractivity contribution in [2.45, 2.75) is 19.5 Å². The van der Waals surface area contributed by atoms with Gasteiger partial charge in [-0.15, -0.1) is 0 Å². The Morgan fingerprint density at radius 2 is 1.89 bits per heavy atom. The van der Waals surface area contributed by atoms with E-state index in [-0.39, 0.29) is 11.9 Å². The summed E-state index contributed by atoms with van der Waals surface area (Å²) < 4.78 is 13.9. The highest BCUT2D eigenvalue weighted by Gasteiger charge is 2.06. The predicted octanol–water partition coefficient (Wildman–Crippen LogP) is 5.09. The van der Waals surface area contributed by atoms with E-state index in [1.165, 1.54) is 6.07 Å². The summed E-state index contributed by atoms with van der Waals surface area (Å²) in [6.45, 7) is 2.69. The van der Waals surface area contributed by atoms with Crippen molar-refractivity contribution in [1.29, 1.82) is 0 Å². The molecule has 0 radical (unpaired) electrons. The lowest BCUT2D eigenvalue weighted by Gasteiger charge is -2.14. The molecule has 2 aromatic rings. The van der Waals surface area contributed by atoms with Gasteiger partial charge >= 0.3 is 0 Å². The van der Waals surface area contributed by atoms with Crippen LogP contribution in [0.2, 0.25) is 5.02 Å². The van der Waals surface area contributed by atoms with Gasteiger partial charge in [-0.1, -0.05) is 29.8 Å². The molecule has 1 N–H and O–H groups in total. The quantitative estimate of drug-likeness (QED) is 0.816. The van der Waals surface area contributed by atoms with Crippen LogP contribution in [0, 0.1) is 5.82 Å². The first-order chi connectivity index (χ1) is 9.06. The third kappa shape index (κ3) is 4.03. The van der Waals surface area contributed by atoms with E-state index in [1.54, 1.807) is 6.07 Å². The second kappa shape index (κ2) is 6.51. The van der Waals surface area contributed by atoms with Crippen LogP contribution in [0.15, 0.2) is 46.9 Å². The van der Waals surface area contributed by atoms with Gasteiger partial charge in [-0.25, -0.2) is 4.39 Å². The van der Waals surface area contributed by atoms with Crippen LogP contribution in [0.3, 0.4) is 0 Å². The average Bonchev–Trinajstić information content (AvgIpc) is 2.40. The summed E-state index contributed by atoms with van der Waals surface area (Å²) in [5.74, 6) is -0.238. The van der Waals surface area contributed by atoms with E-state index < -0.39 is 0 Å². The van der Waals surface area contributed by atoms with E-state index in [0.29, 0.717) is 11.0 Å². The molecule has 0 fully saturated rings. The lowest BCUT2D eigenvalue weighted by atomic mass is 10.1. The Morgan fingerprint density at radius 1 is 1.21 bits per heavy atom. The highest BCUT2D eigenvalue weighted by Crippen LogP contribution is 2.19. The summed E-state index contributed by atoms with van der Waals surface area (Å²) in [6, 6.07) is 13.1. The summed E-state index contributed by atoms with van der Waals surface area (Å²) in [5, 5.41) is 4.08. The van der Waals surface area contributed by atoms with Gasteiger partial charge in [0, 0.05) is 17.6 Å². The molecule has 1 atom stereocenters. The Balaban J connectivity index is 1.98. The summed E-state index contributed by atoms with van der Waals surface area (Å²) in [5.41, 5.74) is 2.07. The molecule has 0 aliphatic heterocycles. The van der Waals surface area contributed by atoms with E-state index in [0.717, 1.165) is 16.1 Å². The fourth-order valence-electron chi connectivity index (χ4n) is 1.79. The normalized spacial score (nSPS) is 12.4. The fourth-order valence-corrected chi connectivity index (χ4v) is 2.16. The second-order valence-corrected chi connectivity index (χ2v) is 5.69. The Kier molecular flexibility index (Phi) is 4.97. The van der Waals surface area contributed by atoms with Crippen molar-refractivity contribution in [3.63, 3.8) is 0 Å². The van der Waals surface area contributed by atoms with Crippen molar-refractivity contribution < 1.29 is 4.39 Å². The molecule has 0 heterocycles. The van der Waals surface area contributed by atoms with E-state index in [9.17, 15) is 4.39 Å². The van der Waals surface area contributed by atoms with Crippen molar-refractivity contribution in [3.05, 3.63) is 68.9 Å². The minimum absolute atomic E-state index is 0.184. The molecular formula is C15H14BrClFN. The van der Waals surface area contributed by atoms with Crippen LogP contribution in [0.25, 0.3) is 0 Å². The first-order valence-electron chi connectivity index (χ1n) is 5.99. The van der Waals surface area contributed by atoms with Crippen molar-refractivity contribution in [2.24, 2.45) is 0 Å². The monoisotopic (exact) mass is 341 g/mol. The van der Waals surface area contributed by atoms with Crippen LogP contribution >= 0.6 is 27.5 Å². The molecule has 1 nitrogen and oxygen atoms in total. The molecule has 0 aliphatic rings. The molecule has 2 aromatic carbocycles. The first kappa shape index (κ1) is 14.5. The first-order valence-corrected chi connectivity index (χ1v) is 7.16. The largest absolute Gasteiger partial charge is 0.306 e. The summed E-state index contributed by atoms with van der Waals surface area (Å²) in [7, 11) is 0. The number of hydrogen-bond acceptors (Lipinski definition) is 1. The third-order valence-electron chi connectivity index (χ3n) is 2.97. The summed E-state index contributed by atoms with van der Waals surface area (Å²) >= 11 is 9.00. The molecule has 0 unspecified atom stereocenters. The Morgan fingerprint density at radius 3 is 2.53 bits per heavy atom. The molecule has 0 spiro atoms. The van der Waals surface area contributed by atoms with Gasteiger partial charge in [-0.2, -0.15) is 0 Å². The van der Waals surface area contributed by atoms with Crippen LogP contribution in [0.5, 0.6) is 0 Å². The van der Waals surface area contributed by atoms with Crippen LogP contribution < -0.4 is 5.32 Å². The van der Waals surface area contributed by atoms with Gasteiger partial charge in [-0.05, 0) is 58.2 Å². The van der Waals surface area contributed by atoms with Gasteiger partial charge in [0.1, 0.15) is 5.82 Å². The smallest absolute Gasteiger partial charge is 0.137 e. The van der Waals surface area contributed by atoms with Crippen molar-refractivity contribution in [3.8, 4) is 0 Å². The summed E-state index contributed by atoms with van der Waals surface area (Å²) in [6.07, 6.45) is 0. The second-order valence-electron chi connectivity index (χ2n) is 4.40. The van der Waals surface area contributed by atoms with Crippen LogP contribution in [-0.4, -0.2) is 0 Å². The maximum Gasteiger partial charge on any atom is 0.137 e. The SMILES string of the molecule is C[C@H](NCc1ccc(Br)c(F)c1)c1ccc(Cl)cc1. The van der Waals surface area contributed by atoms with Crippen LogP contribution in [0.1, 0.15) is 24.1 Å². The maximum atomic E-state index is 13.4. The van der Waals surface area contributed by atoms with Crippen LogP contribution in [0.4, 0.5) is 4.39 Å². The predicted molar refractivity (Wildman–Crippen MR) is 80.8 cm³/mol. The van der Waals surface area contributed by atoms with E-state index in [4.69, 9.17) is 11.6 Å². The zero-order valence-electron chi connectivity index (χ0n) is 10.5. The maximum absolute atomic E-state index is 13.4. The standard InChI is InChI=1S/C15H14BrClFN/c1-10(12-3-5-13(17)6-4-12)19-9-11-2-7-14(16)15(18)8-11/h2-8,10,19H,9H2,1H3/t10-/m0/s1. The molecule has 0 aromatic heterocycles. The van der Waals surface area contributed by atoms with Gasteiger partial charge in [0.15, 0.2) is 0 Å². The Labute approximate surface area is 125 Å². The van der Waals surface area contributed by atoms with Gasteiger partial charge in [0.05, 0.1) is 4.47 Å². The fraction of sp³-hybridized carbons (Fsp3) is 0.200. The highest BCUT2D eigenvalue weighted by atomic mass is 79.9. The Bertz CT molecular complexity index is 557. The molecule has 0 bridgehead atoms. The molecule has 0 amide bonds. The molecule has 100 valence electrons. The zero-order valence-corrected chi connectivity index (χ0v) is 12.8. The van der Waals surface area contributed by atoms with Crippen molar-refractivity contribution >= 4 is 27.5 Å². The molecule has 19 heavy (non-hydrogen) atoms. The van der Waals surface area contributed by atoms with Gasteiger partial charge < -0.3 is 5.32 Å². The van der Waals surface area contributed by atoms with Crippen LogP contribution in [-0.2, 0) is 6.54 Å². The minimum atomic E-state index is -0.238. The van der Waals surface area contributed by atoms with Gasteiger partial charge in [0.25, 0.3) is 0 Å². The third-order valence-corrected chi connectivity index (χ3v) is 3.86. The molecule has 0 saturated heterocycles. The lowest BCUT2D eigenvalue weighted by molar-refractivity contribution is 0.568. The lowest BCUT2D eigenvalue weighted by Crippen LogP contribution is -2.18. The van der Waals surface area contributed by atoms with Crippen molar-refractivity contribution in [2.75, 3.05) is 0 Å². The molecular weight excluding hydrogens is 329 g/mol. The number of benzene rings is 2. The van der Waals surface area contributed by atoms with Crippen molar-refractivity contribution in [1.82, 2.24) is 5.32 Å². The molecule has 4 heteroatoms. The molecule has 0 saturated carbocycles. The average molecular weight is 343 g/mol. The number of halogens is 3. The number of hydrogen-bond donors (Lipinski definition) is 1. The summed E-state index contributed by atoms with van der Waals surface area (Å²) in [4.78, 5) is 0. The Hall–Kier alpha value is -0.900. The molecule has 0 aliphatic carbocycles. The minimum Gasteiger partial charge on any atom is -0.306 e. The zero-order chi connectivity index (χ0) is 13.8. The van der Waals surface area contributed by atoms with Gasteiger partial charge in [-0.3, -0.25) is 0 Å². The van der Waals surface area contributed by atoms with E-state index >= 15 is 0 Å². The number of nitrogens with one attached hydrogen (secondary N) is 1. The van der Waals surface area contributed by atoms with E-state index in [1.807, 2.05) is 30.3 Å². The topological polar surface area (TPSA) is 12.0 Å². The van der Waals surface area contributed by atoms with Gasteiger partial charge in [0.2, 0.25) is 0 Å². The van der Waals surface area contributed by atoms with E-state index in [2.05, 4.69) is 28.2 Å². The molecule has 2 rings (SSSR count). The number of rotatable bonds is 4. The highest BCUT2D eigenvalue weighted by molar-refractivity contribution is 9.10.